The Morgan fingerprint density at radius 2 is 1.79 bits per heavy atom. The zero-order chi connectivity index (χ0) is 24.1. The van der Waals surface area contributed by atoms with E-state index in [1.807, 2.05) is 49.4 Å². The van der Waals surface area contributed by atoms with Crippen LogP contribution >= 0.6 is 0 Å². The molecule has 0 aromatic heterocycles. The van der Waals surface area contributed by atoms with Crippen LogP contribution in [0.25, 0.3) is 0 Å². The molecule has 0 saturated carbocycles. The lowest BCUT2D eigenvalue weighted by Crippen LogP contribution is -2.37. The highest BCUT2D eigenvalue weighted by molar-refractivity contribution is 6.09. The number of hydrogen-bond acceptors (Lipinski definition) is 7. The molecule has 2 aromatic carbocycles. The molecule has 0 radical (unpaired) electrons. The molecule has 1 unspecified atom stereocenters. The molecule has 0 saturated heterocycles. The summed E-state index contributed by atoms with van der Waals surface area (Å²) in [4.78, 5) is 31.1. The van der Waals surface area contributed by atoms with Gasteiger partial charge in [-0.1, -0.05) is 30.3 Å². The molecule has 4 rings (SSSR count). The summed E-state index contributed by atoms with van der Waals surface area (Å²) < 4.78 is 22.4. The van der Waals surface area contributed by atoms with Crippen LogP contribution in [0, 0.1) is 5.92 Å². The van der Waals surface area contributed by atoms with E-state index in [1.54, 1.807) is 20.3 Å². The largest absolute Gasteiger partial charge is 0.493 e. The van der Waals surface area contributed by atoms with Crippen molar-refractivity contribution in [3.8, 4) is 17.2 Å². The van der Waals surface area contributed by atoms with Crippen LogP contribution in [-0.2, 0) is 14.3 Å². The van der Waals surface area contributed by atoms with E-state index in [-0.39, 0.29) is 19.0 Å². The first-order chi connectivity index (χ1) is 16.5. The minimum absolute atomic E-state index is 0.0117. The Kier molecular flexibility index (Phi) is 7.30. The Labute approximate surface area is 199 Å². The lowest BCUT2D eigenvalue weighted by atomic mass is 9.71. The molecule has 0 spiro atoms. The van der Waals surface area contributed by atoms with Crippen LogP contribution in [-0.4, -0.2) is 44.9 Å². The van der Waals surface area contributed by atoms with Crippen LogP contribution in [0.5, 0.6) is 17.2 Å². The second kappa shape index (κ2) is 10.5. The predicted octanol–water partition coefficient (Wildman–Crippen LogP) is 4.51. The van der Waals surface area contributed by atoms with Crippen molar-refractivity contribution < 1.29 is 28.5 Å². The van der Waals surface area contributed by atoms with Crippen LogP contribution in [0.1, 0.15) is 37.7 Å². The van der Waals surface area contributed by atoms with Gasteiger partial charge in [0, 0.05) is 34.9 Å². The van der Waals surface area contributed by atoms with Crippen LogP contribution in [0.3, 0.4) is 0 Å². The maximum Gasteiger partial charge on any atom is 0.315 e. The summed E-state index contributed by atoms with van der Waals surface area (Å²) in [5.41, 5.74) is 2.66. The molecule has 2 aliphatic rings. The summed E-state index contributed by atoms with van der Waals surface area (Å²) in [6.45, 7) is 2.12. The number of allylic oxidation sites excluding steroid dienone is 2. The van der Waals surface area contributed by atoms with Gasteiger partial charge in [-0.15, -0.1) is 0 Å². The molecule has 7 nitrogen and oxygen atoms in total. The van der Waals surface area contributed by atoms with Gasteiger partial charge in [0.25, 0.3) is 0 Å². The van der Waals surface area contributed by atoms with Gasteiger partial charge in [-0.05, 0) is 38.0 Å². The number of esters is 1. The Bertz CT molecular complexity index is 1120. The molecule has 2 aromatic rings. The van der Waals surface area contributed by atoms with Crippen molar-refractivity contribution >= 4 is 17.5 Å². The lowest BCUT2D eigenvalue weighted by Gasteiger charge is -2.35. The fourth-order valence-electron chi connectivity index (χ4n) is 4.71. The van der Waals surface area contributed by atoms with Crippen LogP contribution < -0.4 is 14.2 Å². The summed E-state index contributed by atoms with van der Waals surface area (Å²) in [5, 5.41) is 0. The van der Waals surface area contributed by atoms with Gasteiger partial charge in [0.15, 0.2) is 17.3 Å². The van der Waals surface area contributed by atoms with Gasteiger partial charge in [0.05, 0.1) is 14.2 Å². The summed E-state index contributed by atoms with van der Waals surface area (Å²) in [5.74, 6) is -0.00801. The van der Waals surface area contributed by atoms with Crippen LogP contribution in [0.4, 0.5) is 0 Å². The molecular formula is C27H29NO6. The van der Waals surface area contributed by atoms with E-state index in [0.29, 0.717) is 46.9 Å². The molecule has 34 heavy (non-hydrogen) atoms. The summed E-state index contributed by atoms with van der Waals surface area (Å²) in [6.07, 6.45) is 1.89. The maximum absolute atomic E-state index is 13.4. The Morgan fingerprint density at radius 3 is 2.53 bits per heavy atom. The molecule has 178 valence electrons. The predicted molar refractivity (Wildman–Crippen MR) is 128 cm³/mol. The monoisotopic (exact) mass is 463 g/mol. The standard InChI is InChI=1S/C27H29NO6/c1-17-23(27(30)34-16-15-33-18-9-5-4-6-10-18)24(25-20(28-17)12-8-13-21(25)29)19-11-7-14-22(31-2)26(19)32-3/h4-7,9-11,14,23-24H,8,12-13,15-16H2,1-3H3/t23?,24-/m0/s1. The zero-order valence-electron chi connectivity index (χ0n) is 19.7. The fourth-order valence-corrected chi connectivity index (χ4v) is 4.71. The van der Waals surface area contributed by atoms with Gasteiger partial charge in [-0.25, -0.2) is 0 Å². The van der Waals surface area contributed by atoms with Crippen molar-refractivity contribution in [2.24, 2.45) is 10.9 Å². The number of hydrogen-bond donors (Lipinski definition) is 0. The van der Waals surface area contributed by atoms with Gasteiger partial charge in [0.2, 0.25) is 0 Å². The smallest absolute Gasteiger partial charge is 0.315 e. The number of ketones is 1. The van der Waals surface area contributed by atoms with Gasteiger partial charge >= 0.3 is 5.97 Å². The second-order valence-corrected chi connectivity index (χ2v) is 8.26. The Morgan fingerprint density at radius 1 is 1.00 bits per heavy atom. The average molecular weight is 464 g/mol. The van der Waals surface area contributed by atoms with Crippen molar-refractivity contribution in [1.29, 1.82) is 0 Å². The van der Waals surface area contributed by atoms with Crippen molar-refractivity contribution in [2.45, 2.75) is 32.1 Å². The van der Waals surface area contributed by atoms with E-state index in [9.17, 15) is 9.59 Å². The fraction of sp³-hybridized carbons (Fsp3) is 0.370. The van der Waals surface area contributed by atoms with Gasteiger partial charge < -0.3 is 18.9 Å². The molecule has 7 heteroatoms. The Balaban J connectivity index is 1.64. The molecular weight excluding hydrogens is 434 g/mol. The van der Waals surface area contributed by atoms with E-state index in [2.05, 4.69) is 4.99 Å². The topological polar surface area (TPSA) is 83.4 Å². The number of methoxy groups -OCH3 is 2. The molecule has 1 heterocycles. The Hall–Kier alpha value is -3.61. The third-order valence-electron chi connectivity index (χ3n) is 6.20. The SMILES string of the molecule is COc1cccc([C@@H]2C3=C(CCCC3=O)N=C(C)C2C(=O)OCCOc2ccccc2)c1OC. The van der Waals surface area contributed by atoms with E-state index >= 15 is 0 Å². The first kappa shape index (κ1) is 23.5. The molecule has 1 aliphatic carbocycles. The van der Waals surface area contributed by atoms with Crippen molar-refractivity contribution in [3.05, 3.63) is 65.4 Å². The van der Waals surface area contributed by atoms with E-state index in [1.165, 1.54) is 0 Å². The summed E-state index contributed by atoms with van der Waals surface area (Å²) >= 11 is 0. The number of para-hydroxylation sites is 2. The first-order valence-corrected chi connectivity index (χ1v) is 11.4. The number of ether oxygens (including phenoxy) is 4. The zero-order valence-corrected chi connectivity index (χ0v) is 19.7. The second-order valence-electron chi connectivity index (χ2n) is 8.26. The highest BCUT2D eigenvalue weighted by Crippen LogP contribution is 2.48. The molecule has 1 aliphatic heterocycles. The minimum Gasteiger partial charge on any atom is -0.493 e. The highest BCUT2D eigenvalue weighted by atomic mass is 16.6. The number of aliphatic imine (C=N–C) groups is 1. The number of benzene rings is 2. The molecule has 2 atom stereocenters. The lowest BCUT2D eigenvalue weighted by molar-refractivity contribution is -0.147. The molecule has 0 amide bonds. The van der Waals surface area contributed by atoms with Gasteiger partial charge in [0.1, 0.15) is 24.9 Å². The van der Waals surface area contributed by atoms with E-state index in [0.717, 1.165) is 12.1 Å². The van der Waals surface area contributed by atoms with Crippen LogP contribution in [0.2, 0.25) is 0 Å². The average Bonchev–Trinajstić information content (AvgIpc) is 2.85. The van der Waals surface area contributed by atoms with Crippen molar-refractivity contribution in [2.75, 3.05) is 27.4 Å². The highest BCUT2D eigenvalue weighted by Gasteiger charge is 2.44. The molecule has 0 N–H and O–H groups in total. The minimum atomic E-state index is -0.751. The van der Waals surface area contributed by atoms with Crippen molar-refractivity contribution in [1.82, 2.24) is 0 Å². The molecule has 0 bridgehead atoms. The third-order valence-corrected chi connectivity index (χ3v) is 6.20. The first-order valence-electron chi connectivity index (χ1n) is 11.4. The van der Waals surface area contributed by atoms with Crippen LogP contribution in [0.15, 0.2) is 64.8 Å². The number of Topliss-reactive ketones (excluding diaryl/α,β-unsaturated/α-hetero) is 1. The number of carbonyl (C=O) groups excluding carboxylic acids is 2. The normalized spacial score (nSPS) is 19.7. The maximum atomic E-state index is 13.4. The number of nitrogens with zero attached hydrogens (tertiary/aromatic N) is 1. The van der Waals surface area contributed by atoms with E-state index in [4.69, 9.17) is 18.9 Å². The van der Waals surface area contributed by atoms with Crippen molar-refractivity contribution in [3.63, 3.8) is 0 Å². The van der Waals surface area contributed by atoms with Gasteiger partial charge in [-0.2, -0.15) is 0 Å². The number of carbonyl (C=O) groups is 2. The molecule has 0 fully saturated rings. The van der Waals surface area contributed by atoms with E-state index < -0.39 is 17.8 Å². The van der Waals surface area contributed by atoms with Gasteiger partial charge in [-0.3, -0.25) is 14.6 Å². The number of rotatable bonds is 8. The third kappa shape index (κ3) is 4.69. The summed E-state index contributed by atoms with van der Waals surface area (Å²) in [6, 6.07) is 14.8. The summed E-state index contributed by atoms with van der Waals surface area (Å²) in [7, 11) is 3.11. The quantitative estimate of drug-likeness (QED) is 0.423.